The number of nitrogens with one attached hydrogen (secondary N) is 1. The molecule has 1 aromatic carbocycles. The molecule has 0 spiro atoms. The van der Waals surface area contributed by atoms with Gasteiger partial charge in [-0.3, -0.25) is 0 Å². The van der Waals surface area contributed by atoms with Crippen molar-refractivity contribution in [3.8, 4) is 5.75 Å². The molecule has 0 saturated carbocycles. The average Bonchev–Trinajstić information content (AvgIpc) is 2.29. The molecule has 0 unspecified atom stereocenters. The van der Waals surface area contributed by atoms with E-state index in [-0.39, 0.29) is 0 Å². The highest BCUT2D eigenvalue weighted by Crippen LogP contribution is 2.27. The van der Waals surface area contributed by atoms with Crippen LogP contribution in [0, 0.1) is 0 Å². The lowest BCUT2D eigenvalue weighted by Crippen LogP contribution is -2.17. The minimum absolute atomic E-state index is 0.970. The number of thioether (sulfide) groups is 1. The lowest BCUT2D eigenvalue weighted by Gasteiger charge is -2.07. The molecular weight excluding hydrogens is 206 g/mol. The number of para-hydroxylation sites is 1. The predicted octanol–water partition coefficient (Wildman–Crippen LogP) is 2.79. The van der Waals surface area contributed by atoms with Gasteiger partial charge in [0.2, 0.25) is 0 Å². The summed E-state index contributed by atoms with van der Waals surface area (Å²) in [6.07, 6.45) is 1.19. The van der Waals surface area contributed by atoms with Crippen LogP contribution in [-0.4, -0.2) is 26.0 Å². The smallest absolute Gasteiger partial charge is 0.132 e. The molecule has 0 fully saturated rings. The molecule has 0 atom stereocenters. The van der Waals surface area contributed by atoms with Crippen LogP contribution in [-0.2, 0) is 0 Å². The van der Waals surface area contributed by atoms with Gasteiger partial charge in [0.05, 0.1) is 7.11 Å². The maximum absolute atomic E-state index is 5.28. The van der Waals surface area contributed by atoms with Crippen LogP contribution in [0.1, 0.15) is 13.3 Å². The van der Waals surface area contributed by atoms with E-state index in [0.29, 0.717) is 0 Å². The van der Waals surface area contributed by atoms with E-state index in [0.717, 1.165) is 24.6 Å². The summed E-state index contributed by atoms with van der Waals surface area (Å²) in [4.78, 5) is 1.22. The van der Waals surface area contributed by atoms with Gasteiger partial charge in [-0.05, 0) is 25.1 Å². The molecule has 0 amide bonds. The number of hydrogen-bond donors (Lipinski definition) is 1. The van der Waals surface area contributed by atoms with Gasteiger partial charge < -0.3 is 10.1 Å². The topological polar surface area (TPSA) is 21.3 Å². The molecule has 1 rings (SSSR count). The average molecular weight is 225 g/mol. The molecule has 0 heterocycles. The maximum atomic E-state index is 5.28. The van der Waals surface area contributed by atoms with Gasteiger partial charge in [0.15, 0.2) is 0 Å². The standard InChI is InChI=1S/C12H19NOS/c1-3-8-13-9-10-15-12-7-5-4-6-11(12)14-2/h4-7,13H,3,8-10H2,1-2H3. The van der Waals surface area contributed by atoms with Crippen LogP contribution in [0.4, 0.5) is 0 Å². The van der Waals surface area contributed by atoms with Crippen molar-refractivity contribution in [3.63, 3.8) is 0 Å². The van der Waals surface area contributed by atoms with Crippen molar-refractivity contribution in [1.29, 1.82) is 0 Å². The number of rotatable bonds is 7. The van der Waals surface area contributed by atoms with Crippen molar-refractivity contribution in [2.45, 2.75) is 18.2 Å². The first-order valence-electron chi connectivity index (χ1n) is 5.35. The van der Waals surface area contributed by atoms with Gasteiger partial charge in [-0.15, -0.1) is 11.8 Å². The summed E-state index contributed by atoms with van der Waals surface area (Å²) >= 11 is 1.83. The van der Waals surface area contributed by atoms with Crippen molar-refractivity contribution < 1.29 is 4.74 Å². The van der Waals surface area contributed by atoms with E-state index < -0.39 is 0 Å². The van der Waals surface area contributed by atoms with Crippen LogP contribution < -0.4 is 10.1 Å². The third kappa shape index (κ3) is 4.58. The van der Waals surface area contributed by atoms with Gasteiger partial charge in [0, 0.05) is 17.2 Å². The first kappa shape index (κ1) is 12.4. The fourth-order valence-corrected chi connectivity index (χ4v) is 2.21. The summed E-state index contributed by atoms with van der Waals surface area (Å²) in [6.45, 7) is 4.34. The number of ether oxygens (including phenoxy) is 1. The number of benzene rings is 1. The summed E-state index contributed by atoms with van der Waals surface area (Å²) in [7, 11) is 1.72. The minimum atomic E-state index is 0.970. The molecule has 84 valence electrons. The minimum Gasteiger partial charge on any atom is -0.496 e. The van der Waals surface area contributed by atoms with E-state index in [2.05, 4.69) is 18.3 Å². The third-order valence-electron chi connectivity index (χ3n) is 2.03. The molecule has 2 nitrogen and oxygen atoms in total. The highest BCUT2D eigenvalue weighted by Gasteiger charge is 2.00. The molecule has 1 N–H and O–H groups in total. The molecule has 3 heteroatoms. The predicted molar refractivity (Wildman–Crippen MR) is 66.9 cm³/mol. The number of methoxy groups -OCH3 is 1. The second-order valence-electron chi connectivity index (χ2n) is 3.25. The molecule has 0 aliphatic carbocycles. The van der Waals surface area contributed by atoms with Crippen molar-refractivity contribution >= 4 is 11.8 Å². The zero-order chi connectivity index (χ0) is 10.9. The zero-order valence-electron chi connectivity index (χ0n) is 9.45. The monoisotopic (exact) mass is 225 g/mol. The largest absolute Gasteiger partial charge is 0.496 e. The lowest BCUT2D eigenvalue weighted by molar-refractivity contribution is 0.405. The third-order valence-corrected chi connectivity index (χ3v) is 3.09. The molecule has 0 saturated heterocycles. The van der Waals surface area contributed by atoms with Crippen molar-refractivity contribution in [1.82, 2.24) is 5.32 Å². The maximum Gasteiger partial charge on any atom is 0.132 e. The van der Waals surface area contributed by atoms with Crippen molar-refractivity contribution in [2.75, 3.05) is 26.0 Å². The highest BCUT2D eigenvalue weighted by molar-refractivity contribution is 7.99. The van der Waals surface area contributed by atoms with Crippen molar-refractivity contribution in [2.24, 2.45) is 0 Å². The SMILES string of the molecule is CCCNCCSc1ccccc1OC. The van der Waals surface area contributed by atoms with Gasteiger partial charge in [0.1, 0.15) is 5.75 Å². The Kier molecular flexibility index (Phi) is 6.28. The van der Waals surface area contributed by atoms with Gasteiger partial charge in [-0.1, -0.05) is 19.1 Å². The quantitative estimate of drug-likeness (QED) is 0.569. The molecular formula is C12H19NOS. The van der Waals surface area contributed by atoms with Gasteiger partial charge in [-0.25, -0.2) is 0 Å². The molecule has 0 radical (unpaired) electrons. The molecule has 0 bridgehead atoms. The summed E-state index contributed by atoms with van der Waals surface area (Å²) in [6, 6.07) is 8.15. The first-order valence-corrected chi connectivity index (χ1v) is 6.33. The second kappa shape index (κ2) is 7.60. The Morgan fingerprint density at radius 3 is 2.80 bits per heavy atom. The first-order chi connectivity index (χ1) is 7.38. The fourth-order valence-electron chi connectivity index (χ4n) is 1.27. The van der Waals surface area contributed by atoms with Gasteiger partial charge in [0.25, 0.3) is 0 Å². The zero-order valence-corrected chi connectivity index (χ0v) is 10.3. The Morgan fingerprint density at radius 2 is 2.07 bits per heavy atom. The summed E-state index contributed by atoms with van der Waals surface area (Å²) in [5.41, 5.74) is 0. The summed E-state index contributed by atoms with van der Waals surface area (Å²) in [5.74, 6) is 2.05. The molecule has 0 aromatic heterocycles. The Labute approximate surface area is 96.4 Å². The van der Waals surface area contributed by atoms with E-state index >= 15 is 0 Å². The Bertz CT molecular complexity index is 278. The van der Waals surface area contributed by atoms with Crippen LogP contribution >= 0.6 is 11.8 Å². The lowest BCUT2D eigenvalue weighted by atomic mass is 10.3. The van der Waals surface area contributed by atoms with E-state index in [9.17, 15) is 0 Å². The van der Waals surface area contributed by atoms with Crippen LogP contribution in [0.5, 0.6) is 5.75 Å². The van der Waals surface area contributed by atoms with Gasteiger partial charge >= 0.3 is 0 Å². The van der Waals surface area contributed by atoms with E-state index in [4.69, 9.17) is 4.74 Å². The Balaban J connectivity index is 2.30. The Hall–Kier alpha value is -0.670. The summed E-state index contributed by atoms with van der Waals surface area (Å²) in [5, 5.41) is 3.38. The van der Waals surface area contributed by atoms with Gasteiger partial charge in [-0.2, -0.15) is 0 Å². The second-order valence-corrected chi connectivity index (χ2v) is 4.39. The normalized spacial score (nSPS) is 10.3. The van der Waals surface area contributed by atoms with E-state index in [1.165, 1.54) is 11.3 Å². The molecule has 1 aromatic rings. The number of hydrogen-bond acceptors (Lipinski definition) is 3. The molecule has 15 heavy (non-hydrogen) atoms. The molecule has 0 aliphatic heterocycles. The fraction of sp³-hybridized carbons (Fsp3) is 0.500. The van der Waals surface area contributed by atoms with Crippen LogP contribution in [0.25, 0.3) is 0 Å². The van der Waals surface area contributed by atoms with Crippen LogP contribution in [0.2, 0.25) is 0 Å². The summed E-state index contributed by atoms with van der Waals surface area (Å²) < 4.78 is 5.28. The van der Waals surface area contributed by atoms with E-state index in [1.807, 2.05) is 30.0 Å². The van der Waals surface area contributed by atoms with Crippen molar-refractivity contribution in [3.05, 3.63) is 24.3 Å². The van der Waals surface area contributed by atoms with Crippen LogP contribution in [0.3, 0.4) is 0 Å². The molecule has 0 aliphatic rings. The van der Waals surface area contributed by atoms with Crippen LogP contribution in [0.15, 0.2) is 29.2 Å². The van der Waals surface area contributed by atoms with E-state index in [1.54, 1.807) is 7.11 Å². The Morgan fingerprint density at radius 1 is 1.27 bits per heavy atom. The highest BCUT2D eigenvalue weighted by atomic mass is 32.2.